The smallest absolute Gasteiger partial charge is 0.263 e. The van der Waals surface area contributed by atoms with Crippen molar-refractivity contribution in [3.63, 3.8) is 0 Å². The molecule has 1 aliphatic heterocycles. The van der Waals surface area contributed by atoms with Crippen molar-refractivity contribution in [3.8, 4) is 5.69 Å². The van der Waals surface area contributed by atoms with E-state index >= 15 is 0 Å². The Morgan fingerprint density at radius 2 is 1.93 bits per heavy atom. The summed E-state index contributed by atoms with van der Waals surface area (Å²) < 4.78 is 27.9. The van der Waals surface area contributed by atoms with Gasteiger partial charge in [0.15, 0.2) is 5.65 Å². The molecule has 0 unspecified atom stereocenters. The van der Waals surface area contributed by atoms with Gasteiger partial charge in [-0.05, 0) is 31.9 Å². The van der Waals surface area contributed by atoms with Gasteiger partial charge < -0.3 is 4.90 Å². The molecule has 4 rings (SSSR count). The summed E-state index contributed by atoms with van der Waals surface area (Å²) in [5, 5.41) is 4.74. The van der Waals surface area contributed by atoms with Crippen LogP contribution in [0.1, 0.15) is 19.8 Å². The van der Waals surface area contributed by atoms with E-state index in [9.17, 15) is 13.2 Å². The fourth-order valence-electron chi connectivity index (χ4n) is 3.36. The van der Waals surface area contributed by atoms with Crippen LogP contribution < -0.4 is 15.2 Å². The van der Waals surface area contributed by atoms with Crippen LogP contribution in [-0.2, 0) is 10.0 Å². The highest BCUT2D eigenvalue weighted by molar-refractivity contribution is 7.89. The number of anilines is 1. The quantitative estimate of drug-likeness (QED) is 0.659. The molecule has 0 amide bonds. The summed E-state index contributed by atoms with van der Waals surface area (Å²) in [5.41, 5.74) is 1.09. The first-order valence-electron chi connectivity index (χ1n) is 9.25. The van der Waals surface area contributed by atoms with Crippen LogP contribution in [-0.4, -0.2) is 53.1 Å². The topological polar surface area (TPSA) is 113 Å². The number of H-pyrrole nitrogens is 1. The zero-order chi connectivity index (χ0) is 19.7. The maximum Gasteiger partial charge on any atom is 0.263 e. The lowest BCUT2D eigenvalue weighted by atomic mass is 10.1. The summed E-state index contributed by atoms with van der Waals surface area (Å²) in [6.45, 7) is 2.83. The molecule has 1 fully saturated rings. The van der Waals surface area contributed by atoms with E-state index in [4.69, 9.17) is 0 Å². The van der Waals surface area contributed by atoms with Gasteiger partial charge in [-0.25, -0.2) is 17.8 Å². The average Bonchev–Trinajstić information content (AvgIpc) is 3.13. The summed E-state index contributed by atoms with van der Waals surface area (Å²) in [6.07, 6.45) is 2.82. The third-order valence-corrected chi connectivity index (χ3v) is 6.40. The minimum atomic E-state index is -3.22. The van der Waals surface area contributed by atoms with Gasteiger partial charge in [0, 0.05) is 19.1 Å². The van der Waals surface area contributed by atoms with Crippen LogP contribution in [0, 0.1) is 0 Å². The molecule has 0 aliphatic carbocycles. The van der Waals surface area contributed by atoms with Crippen LogP contribution in [0.3, 0.4) is 0 Å². The molecule has 0 saturated carbocycles. The lowest BCUT2D eigenvalue weighted by Crippen LogP contribution is -2.45. The van der Waals surface area contributed by atoms with E-state index in [0.717, 1.165) is 5.69 Å². The standard InChI is InChI=1S/C18H22N6O3S/c1-2-28(26,27)22-13-8-10-23(11-9-13)18-20-16-15(17(25)21-18)12-19-24(16)14-6-4-3-5-7-14/h3-7,12-13,22H,2,8-11H2,1H3,(H,20,21,25). The Hall–Kier alpha value is -2.72. The Balaban J connectivity index is 1.59. The van der Waals surface area contributed by atoms with Crippen molar-refractivity contribution >= 4 is 27.0 Å². The highest BCUT2D eigenvalue weighted by atomic mass is 32.2. The second-order valence-corrected chi connectivity index (χ2v) is 8.84. The van der Waals surface area contributed by atoms with Crippen molar-refractivity contribution < 1.29 is 8.42 Å². The zero-order valence-electron chi connectivity index (χ0n) is 15.5. The number of aromatic amines is 1. The molecular formula is C18H22N6O3S. The average molecular weight is 402 g/mol. The molecule has 2 N–H and O–H groups in total. The van der Waals surface area contributed by atoms with Gasteiger partial charge in [0.2, 0.25) is 16.0 Å². The maximum absolute atomic E-state index is 12.5. The predicted octanol–water partition coefficient (Wildman–Crippen LogP) is 1.02. The summed E-state index contributed by atoms with van der Waals surface area (Å²) in [5.74, 6) is 0.550. The second-order valence-electron chi connectivity index (χ2n) is 6.80. The number of piperidine rings is 1. The highest BCUT2D eigenvalue weighted by Crippen LogP contribution is 2.19. The summed E-state index contributed by atoms with van der Waals surface area (Å²) >= 11 is 0. The van der Waals surface area contributed by atoms with Crippen molar-refractivity contribution in [3.05, 3.63) is 46.9 Å². The molecule has 28 heavy (non-hydrogen) atoms. The van der Waals surface area contributed by atoms with Crippen molar-refractivity contribution in [2.75, 3.05) is 23.7 Å². The first kappa shape index (κ1) is 18.6. The Morgan fingerprint density at radius 1 is 1.21 bits per heavy atom. The number of sulfonamides is 1. The molecule has 3 aromatic rings. The van der Waals surface area contributed by atoms with E-state index in [1.165, 1.54) is 6.20 Å². The van der Waals surface area contributed by atoms with Gasteiger partial charge in [-0.1, -0.05) is 18.2 Å². The van der Waals surface area contributed by atoms with Gasteiger partial charge in [0.25, 0.3) is 5.56 Å². The van der Waals surface area contributed by atoms with E-state index in [2.05, 4.69) is 19.8 Å². The fraction of sp³-hybridized carbons (Fsp3) is 0.389. The van der Waals surface area contributed by atoms with E-state index in [-0.39, 0.29) is 17.4 Å². The SMILES string of the molecule is CCS(=O)(=O)NC1CCN(c2nc3c(cnn3-c3ccccc3)c(=O)[nH]2)CC1. The van der Waals surface area contributed by atoms with E-state index in [0.29, 0.717) is 42.9 Å². The van der Waals surface area contributed by atoms with Crippen LogP contribution in [0.5, 0.6) is 0 Å². The third kappa shape index (κ3) is 3.65. The molecule has 10 heteroatoms. The molecule has 1 aromatic carbocycles. The van der Waals surface area contributed by atoms with Crippen LogP contribution in [0.2, 0.25) is 0 Å². The number of hydrogen-bond acceptors (Lipinski definition) is 6. The molecule has 0 bridgehead atoms. The Bertz CT molecular complexity index is 1130. The second kappa shape index (κ2) is 7.36. The molecule has 9 nitrogen and oxygen atoms in total. The molecule has 0 atom stereocenters. The molecule has 1 saturated heterocycles. The van der Waals surface area contributed by atoms with Crippen LogP contribution >= 0.6 is 0 Å². The number of para-hydroxylation sites is 1. The van der Waals surface area contributed by atoms with Gasteiger partial charge in [-0.15, -0.1) is 0 Å². The summed E-state index contributed by atoms with van der Waals surface area (Å²) in [7, 11) is -3.22. The van der Waals surface area contributed by atoms with Gasteiger partial charge in [0.05, 0.1) is 17.6 Å². The number of aromatic nitrogens is 4. The molecule has 0 spiro atoms. The molecule has 3 heterocycles. The van der Waals surface area contributed by atoms with Crippen molar-refractivity contribution in [2.24, 2.45) is 0 Å². The Kier molecular flexibility index (Phi) is 4.90. The van der Waals surface area contributed by atoms with Gasteiger partial charge >= 0.3 is 0 Å². The largest absolute Gasteiger partial charge is 0.342 e. The third-order valence-electron chi connectivity index (χ3n) is 4.95. The lowest BCUT2D eigenvalue weighted by molar-refractivity contribution is 0.456. The van der Waals surface area contributed by atoms with Gasteiger partial charge in [-0.2, -0.15) is 10.1 Å². The van der Waals surface area contributed by atoms with Crippen molar-refractivity contribution in [1.82, 2.24) is 24.5 Å². The normalized spacial score (nSPS) is 16.0. The van der Waals surface area contributed by atoms with Crippen LogP contribution in [0.15, 0.2) is 41.3 Å². The van der Waals surface area contributed by atoms with Crippen molar-refractivity contribution in [1.29, 1.82) is 0 Å². The molecule has 148 valence electrons. The first-order chi connectivity index (χ1) is 13.5. The Labute approximate surface area is 162 Å². The minimum absolute atomic E-state index is 0.0717. The summed E-state index contributed by atoms with van der Waals surface area (Å²) in [6, 6.07) is 9.43. The van der Waals surface area contributed by atoms with Gasteiger partial charge in [0.1, 0.15) is 5.39 Å². The number of fused-ring (bicyclic) bond motifs is 1. The number of benzene rings is 1. The number of nitrogens with one attached hydrogen (secondary N) is 2. The lowest BCUT2D eigenvalue weighted by Gasteiger charge is -2.32. The number of nitrogens with zero attached hydrogens (tertiary/aromatic N) is 4. The monoisotopic (exact) mass is 402 g/mol. The van der Waals surface area contributed by atoms with E-state index < -0.39 is 10.0 Å². The molecule has 2 aromatic heterocycles. The Morgan fingerprint density at radius 3 is 2.61 bits per heavy atom. The fourth-order valence-corrected chi connectivity index (χ4v) is 4.27. The predicted molar refractivity (Wildman–Crippen MR) is 107 cm³/mol. The first-order valence-corrected chi connectivity index (χ1v) is 10.9. The summed E-state index contributed by atoms with van der Waals surface area (Å²) in [4.78, 5) is 22.0. The van der Waals surface area contributed by atoms with E-state index in [1.807, 2.05) is 35.2 Å². The zero-order valence-corrected chi connectivity index (χ0v) is 16.3. The molecule has 1 aliphatic rings. The van der Waals surface area contributed by atoms with Gasteiger partial charge in [-0.3, -0.25) is 9.78 Å². The molecule has 0 radical (unpaired) electrons. The molecular weight excluding hydrogens is 380 g/mol. The number of rotatable bonds is 5. The highest BCUT2D eigenvalue weighted by Gasteiger charge is 2.24. The van der Waals surface area contributed by atoms with E-state index in [1.54, 1.807) is 11.6 Å². The van der Waals surface area contributed by atoms with Crippen LogP contribution in [0.25, 0.3) is 16.7 Å². The number of hydrogen-bond donors (Lipinski definition) is 2. The van der Waals surface area contributed by atoms with Crippen molar-refractivity contribution in [2.45, 2.75) is 25.8 Å². The minimum Gasteiger partial charge on any atom is -0.342 e. The van der Waals surface area contributed by atoms with Crippen LogP contribution in [0.4, 0.5) is 5.95 Å². The maximum atomic E-state index is 12.5.